The summed E-state index contributed by atoms with van der Waals surface area (Å²) in [5, 5.41) is 12.9. The molecule has 0 aromatic carbocycles. The molecule has 15 heavy (non-hydrogen) atoms. The minimum Gasteiger partial charge on any atom is -0.409 e. The first-order valence-electron chi connectivity index (χ1n) is 4.23. The third kappa shape index (κ3) is 6.10. The van der Waals surface area contributed by atoms with Crippen molar-refractivity contribution in [1.29, 1.82) is 0 Å². The van der Waals surface area contributed by atoms with Gasteiger partial charge in [0.25, 0.3) is 0 Å². The molecular formula is C7H13F4N3O. The fourth-order valence-electron chi connectivity index (χ4n) is 0.777. The van der Waals surface area contributed by atoms with E-state index >= 15 is 0 Å². The van der Waals surface area contributed by atoms with Crippen molar-refractivity contribution < 1.29 is 22.8 Å². The van der Waals surface area contributed by atoms with E-state index in [9.17, 15) is 17.6 Å². The molecule has 8 heteroatoms. The Kier molecular flexibility index (Phi) is 5.99. The van der Waals surface area contributed by atoms with Crippen molar-refractivity contribution in [3.05, 3.63) is 0 Å². The number of nitrogens with one attached hydrogen (secondary N) is 1. The van der Waals surface area contributed by atoms with Gasteiger partial charge in [0.15, 0.2) is 0 Å². The summed E-state index contributed by atoms with van der Waals surface area (Å²) in [4.78, 5) is 0. The molecule has 0 aliphatic rings. The average Bonchev–Trinajstić information content (AvgIpc) is 2.16. The van der Waals surface area contributed by atoms with Crippen LogP contribution in [0.15, 0.2) is 5.16 Å². The van der Waals surface area contributed by atoms with Crippen LogP contribution < -0.4 is 11.1 Å². The van der Waals surface area contributed by atoms with Crippen LogP contribution >= 0.6 is 0 Å². The van der Waals surface area contributed by atoms with Gasteiger partial charge in [0.2, 0.25) is 0 Å². The van der Waals surface area contributed by atoms with Crippen molar-refractivity contribution in [3.63, 3.8) is 0 Å². The number of rotatable bonds is 7. The summed E-state index contributed by atoms with van der Waals surface area (Å²) in [5.74, 6) is -4.05. The van der Waals surface area contributed by atoms with Crippen molar-refractivity contribution in [2.24, 2.45) is 10.9 Å². The van der Waals surface area contributed by atoms with Crippen LogP contribution in [0.5, 0.6) is 0 Å². The lowest BCUT2D eigenvalue weighted by Crippen LogP contribution is -2.39. The van der Waals surface area contributed by atoms with Gasteiger partial charge in [0, 0.05) is 6.42 Å². The monoisotopic (exact) mass is 231 g/mol. The SMILES string of the molecule is NC(CCCNCC(F)(F)C(F)F)=NO. The number of nitrogens with zero attached hydrogens (tertiary/aromatic N) is 1. The molecule has 0 spiro atoms. The van der Waals surface area contributed by atoms with Crippen molar-refractivity contribution >= 4 is 5.84 Å². The van der Waals surface area contributed by atoms with Gasteiger partial charge in [0.05, 0.1) is 6.54 Å². The molecule has 0 atom stereocenters. The molecule has 0 aromatic heterocycles. The standard InChI is InChI=1S/C7H13F4N3O/c8-6(9)7(10,11)4-13-3-1-2-5(12)14-15/h6,13,15H,1-4H2,(H2,12,14). The Morgan fingerprint density at radius 2 is 2.07 bits per heavy atom. The van der Waals surface area contributed by atoms with Crippen LogP contribution in [0.3, 0.4) is 0 Å². The highest BCUT2D eigenvalue weighted by molar-refractivity contribution is 5.79. The van der Waals surface area contributed by atoms with Gasteiger partial charge in [-0.3, -0.25) is 0 Å². The molecule has 0 saturated heterocycles. The van der Waals surface area contributed by atoms with Gasteiger partial charge in [-0.15, -0.1) is 0 Å². The quantitative estimate of drug-likeness (QED) is 0.153. The topological polar surface area (TPSA) is 70.6 Å². The molecule has 0 fully saturated rings. The molecule has 0 rings (SSSR count). The van der Waals surface area contributed by atoms with Gasteiger partial charge in [0.1, 0.15) is 5.84 Å². The van der Waals surface area contributed by atoms with Gasteiger partial charge >= 0.3 is 12.3 Å². The van der Waals surface area contributed by atoms with E-state index in [0.717, 1.165) is 0 Å². The zero-order chi connectivity index (χ0) is 11.9. The van der Waals surface area contributed by atoms with E-state index < -0.39 is 18.9 Å². The number of hydrogen-bond donors (Lipinski definition) is 3. The molecule has 0 unspecified atom stereocenters. The zero-order valence-corrected chi connectivity index (χ0v) is 7.89. The summed E-state index contributed by atoms with van der Waals surface area (Å²) in [5.41, 5.74) is 5.09. The first-order valence-corrected chi connectivity index (χ1v) is 4.23. The van der Waals surface area contributed by atoms with Crippen LogP contribution in [0.1, 0.15) is 12.8 Å². The number of alkyl halides is 4. The van der Waals surface area contributed by atoms with Crippen LogP contribution in [-0.4, -0.2) is 36.5 Å². The summed E-state index contributed by atoms with van der Waals surface area (Å²) in [6.07, 6.45) is -3.13. The Hall–Kier alpha value is -1.05. The third-order valence-corrected chi connectivity index (χ3v) is 1.59. The minimum atomic E-state index is -4.02. The number of nitrogens with two attached hydrogens (primary N) is 1. The second-order valence-electron chi connectivity index (χ2n) is 2.93. The van der Waals surface area contributed by atoms with Crippen LogP contribution in [0.4, 0.5) is 17.6 Å². The lowest BCUT2D eigenvalue weighted by Gasteiger charge is -2.15. The second kappa shape index (κ2) is 6.44. The maximum atomic E-state index is 12.3. The molecule has 0 saturated carbocycles. The molecule has 0 aromatic rings. The molecule has 0 heterocycles. The van der Waals surface area contributed by atoms with Gasteiger partial charge in [-0.25, -0.2) is 8.78 Å². The number of halogens is 4. The van der Waals surface area contributed by atoms with E-state index in [2.05, 4.69) is 10.5 Å². The highest BCUT2D eigenvalue weighted by Crippen LogP contribution is 2.21. The normalized spacial score (nSPS) is 13.5. The van der Waals surface area contributed by atoms with Crippen LogP contribution in [-0.2, 0) is 0 Å². The molecule has 0 aliphatic carbocycles. The average molecular weight is 231 g/mol. The molecule has 0 radical (unpaired) electrons. The van der Waals surface area contributed by atoms with Crippen LogP contribution in [0.2, 0.25) is 0 Å². The predicted octanol–water partition coefficient (Wildman–Crippen LogP) is 1.00. The van der Waals surface area contributed by atoms with E-state index in [-0.39, 0.29) is 18.8 Å². The maximum Gasteiger partial charge on any atom is 0.319 e. The summed E-state index contributed by atoms with van der Waals surface area (Å²) < 4.78 is 47.9. The van der Waals surface area contributed by atoms with Crippen molar-refractivity contribution in [3.8, 4) is 0 Å². The number of hydrogen-bond acceptors (Lipinski definition) is 3. The molecule has 4 N–H and O–H groups in total. The van der Waals surface area contributed by atoms with Crippen molar-refractivity contribution in [2.45, 2.75) is 25.2 Å². The van der Waals surface area contributed by atoms with Gasteiger partial charge in [-0.1, -0.05) is 5.16 Å². The van der Waals surface area contributed by atoms with Gasteiger partial charge in [-0.2, -0.15) is 8.78 Å². The Balaban J connectivity index is 3.55. The largest absolute Gasteiger partial charge is 0.409 e. The summed E-state index contributed by atoms with van der Waals surface area (Å²) in [6, 6.07) is 0. The van der Waals surface area contributed by atoms with Crippen LogP contribution in [0, 0.1) is 0 Å². The summed E-state index contributed by atoms with van der Waals surface area (Å²) >= 11 is 0. The number of amidine groups is 1. The first-order chi connectivity index (χ1) is 6.90. The molecular weight excluding hydrogens is 218 g/mol. The second-order valence-corrected chi connectivity index (χ2v) is 2.93. The zero-order valence-electron chi connectivity index (χ0n) is 7.89. The Morgan fingerprint density at radius 3 is 2.53 bits per heavy atom. The van der Waals surface area contributed by atoms with Gasteiger partial charge in [-0.05, 0) is 13.0 Å². The molecule has 0 aliphatic heterocycles. The van der Waals surface area contributed by atoms with E-state index in [4.69, 9.17) is 10.9 Å². The highest BCUT2D eigenvalue weighted by atomic mass is 19.3. The summed E-state index contributed by atoms with van der Waals surface area (Å²) in [7, 11) is 0. The van der Waals surface area contributed by atoms with E-state index in [1.807, 2.05) is 0 Å². The first kappa shape index (κ1) is 13.9. The Bertz CT molecular complexity index is 210. The van der Waals surface area contributed by atoms with E-state index in [0.29, 0.717) is 6.42 Å². The highest BCUT2D eigenvalue weighted by Gasteiger charge is 2.39. The predicted molar refractivity (Wildman–Crippen MR) is 46.5 cm³/mol. The fourth-order valence-corrected chi connectivity index (χ4v) is 0.777. The lowest BCUT2D eigenvalue weighted by molar-refractivity contribution is -0.125. The lowest BCUT2D eigenvalue weighted by atomic mass is 10.3. The smallest absolute Gasteiger partial charge is 0.319 e. The molecule has 90 valence electrons. The van der Waals surface area contributed by atoms with Crippen molar-refractivity contribution in [2.75, 3.05) is 13.1 Å². The van der Waals surface area contributed by atoms with Crippen LogP contribution in [0.25, 0.3) is 0 Å². The van der Waals surface area contributed by atoms with Gasteiger partial charge < -0.3 is 16.3 Å². The third-order valence-electron chi connectivity index (χ3n) is 1.59. The van der Waals surface area contributed by atoms with E-state index in [1.54, 1.807) is 0 Å². The summed E-state index contributed by atoms with van der Waals surface area (Å²) in [6.45, 7) is -0.987. The van der Waals surface area contributed by atoms with Crippen molar-refractivity contribution in [1.82, 2.24) is 5.32 Å². The molecule has 4 nitrogen and oxygen atoms in total. The molecule has 0 bridgehead atoms. The van der Waals surface area contributed by atoms with E-state index in [1.165, 1.54) is 0 Å². The number of oxime groups is 1. The Labute approximate surface area is 84.1 Å². The molecule has 0 amide bonds. The maximum absolute atomic E-state index is 12.3. The Morgan fingerprint density at radius 1 is 1.47 bits per heavy atom. The minimum absolute atomic E-state index is 0.0302. The fraction of sp³-hybridized carbons (Fsp3) is 0.857.